The zero-order valence-corrected chi connectivity index (χ0v) is 28.6. The molecule has 0 heterocycles. The molecule has 0 radical (unpaired) electrons. The Hall–Kier alpha value is -4.82. The molecule has 0 bridgehead atoms. The average molecular weight is 651 g/mol. The maximum atomic E-state index is 14.5. The molecule has 8 heteroatoms. The Morgan fingerprint density at radius 3 is 2.06 bits per heavy atom. The average Bonchev–Trinajstić information content (AvgIpc) is 3.05. The van der Waals surface area contributed by atoms with Gasteiger partial charge in [0.15, 0.2) is 0 Å². The van der Waals surface area contributed by atoms with Crippen LogP contribution in [0.15, 0.2) is 109 Å². The fourth-order valence-corrected chi connectivity index (χ4v) is 5.95. The van der Waals surface area contributed by atoms with Crippen molar-refractivity contribution in [2.24, 2.45) is 5.73 Å². The lowest BCUT2D eigenvalue weighted by Gasteiger charge is -2.34. The van der Waals surface area contributed by atoms with E-state index < -0.39 is 17.6 Å². The van der Waals surface area contributed by atoms with Crippen LogP contribution in [0.2, 0.25) is 0 Å². The highest BCUT2D eigenvalue weighted by atomic mass is 19.1. The van der Waals surface area contributed by atoms with Crippen molar-refractivity contribution >= 4 is 28.5 Å². The summed E-state index contributed by atoms with van der Waals surface area (Å²) in [5, 5.41) is 5.09. The number of carbonyl (C=O) groups is 3. The van der Waals surface area contributed by atoms with Gasteiger partial charge in [0.05, 0.1) is 0 Å². The van der Waals surface area contributed by atoms with Crippen molar-refractivity contribution in [3.63, 3.8) is 0 Å². The van der Waals surface area contributed by atoms with E-state index in [-0.39, 0.29) is 36.4 Å². The molecule has 0 aromatic heterocycles. The third kappa shape index (κ3) is 10.3. The van der Waals surface area contributed by atoms with Gasteiger partial charge in [-0.2, -0.15) is 0 Å². The number of benzene rings is 4. The number of rotatable bonds is 14. The van der Waals surface area contributed by atoms with E-state index in [1.807, 2.05) is 93.6 Å². The van der Waals surface area contributed by atoms with Crippen LogP contribution in [0.25, 0.3) is 10.8 Å². The van der Waals surface area contributed by atoms with E-state index in [4.69, 9.17) is 5.73 Å². The molecule has 48 heavy (non-hydrogen) atoms. The van der Waals surface area contributed by atoms with E-state index in [0.29, 0.717) is 24.9 Å². The van der Waals surface area contributed by atoms with Gasteiger partial charge in [-0.05, 0) is 73.2 Å². The van der Waals surface area contributed by atoms with Crippen LogP contribution < -0.4 is 11.1 Å². The summed E-state index contributed by atoms with van der Waals surface area (Å²) >= 11 is 0. The van der Waals surface area contributed by atoms with Crippen molar-refractivity contribution in [1.29, 1.82) is 0 Å². The summed E-state index contributed by atoms with van der Waals surface area (Å²) in [7, 11) is 3.21. The number of hydrogen-bond acceptors (Lipinski definition) is 4. The van der Waals surface area contributed by atoms with Crippen molar-refractivity contribution in [3.05, 3.63) is 131 Å². The minimum Gasteiger partial charge on any atom is -0.354 e. The van der Waals surface area contributed by atoms with Gasteiger partial charge in [0, 0.05) is 45.1 Å². The zero-order chi connectivity index (χ0) is 34.8. The first-order chi connectivity index (χ1) is 22.8. The quantitative estimate of drug-likeness (QED) is 0.168. The lowest BCUT2D eigenvalue weighted by atomic mass is 9.96. The van der Waals surface area contributed by atoms with Crippen molar-refractivity contribution in [1.82, 2.24) is 15.1 Å². The van der Waals surface area contributed by atoms with Gasteiger partial charge in [-0.15, -0.1) is 0 Å². The first-order valence-corrected chi connectivity index (χ1v) is 16.3. The fourth-order valence-electron chi connectivity index (χ4n) is 5.95. The van der Waals surface area contributed by atoms with E-state index in [0.717, 1.165) is 27.5 Å². The number of nitrogens with zero attached hydrogens (tertiary/aromatic N) is 2. The second-order valence-electron chi connectivity index (χ2n) is 13.3. The second-order valence-corrected chi connectivity index (χ2v) is 13.3. The van der Waals surface area contributed by atoms with Crippen molar-refractivity contribution in [2.75, 3.05) is 20.6 Å². The monoisotopic (exact) mass is 650 g/mol. The van der Waals surface area contributed by atoms with E-state index in [1.54, 1.807) is 26.2 Å². The van der Waals surface area contributed by atoms with Crippen LogP contribution in [-0.4, -0.2) is 65.8 Å². The van der Waals surface area contributed by atoms with E-state index >= 15 is 0 Å². The number of halogens is 1. The van der Waals surface area contributed by atoms with Gasteiger partial charge >= 0.3 is 0 Å². The van der Waals surface area contributed by atoms with Crippen LogP contribution in [0.4, 0.5) is 4.39 Å². The Balaban J connectivity index is 1.64. The number of nitrogens with one attached hydrogen (secondary N) is 1. The molecule has 4 rings (SSSR count). The Morgan fingerprint density at radius 1 is 0.792 bits per heavy atom. The summed E-state index contributed by atoms with van der Waals surface area (Å²) in [6.45, 7) is 6.02. The first kappa shape index (κ1) is 36.0. The first-order valence-electron chi connectivity index (χ1n) is 16.3. The number of nitrogens with two attached hydrogens (primary N) is 1. The molecule has 4 aromatic carbocycles. The lowest BCUT2D eigenvalue weighted by molar-refractivity contribution is -0.146. The van der Waals surface area contributed by atoms with Crippen molar-refractivity contribution in [2.45, 2.75) is 64.1 Å². The van der Waals surface area contributed by atoms with Gasteiger partial charge in [0.25, 0.3) is 0 Å². The Bertz CT molecular complexity index is 1730. The molecule has 0 fully saturated rings. The lowest BCUT2D eigenvalue weighted by Crippen LogP contribution is -2.56. The van der Waals surface area contributed by atoms with Crippen molar-refractivity contribution in [3.8, 4) is 0 Å². The molecule has 3 N–H and O–H groups in total. The Kier molecular flexibility index (Phi) is 12.3. The predicted octanol–water partition coefficient (Wildman–Crippen LogP) is 5.85. The van der Waals surface area contributed by atoms with Crippen LogP contribution in [0, 0.1) is 5.82 Å². The van der Waals surface area contributed by atoms with E-state index in [2.05, 4.69) is 5.32 Å². The van der Waals surface area contributed by atoms with E-state index in [1.165, 1.54) is 28.0 Å². The van der Waals surface area contributed by atoms with Gasteiger partial charge in [-0.1, -0.05) is 90.5 Å². The smallest absolute Gasteiger partial charge is 0.246 e. The van der Waals surface area contributed by atoms with Crippen LogP contribution in [0.1, 0.15) is 43.9 Å². The molecule has 0 saturated heterocycles. The fraction of sp³-hybridized carbons (Fsp3) is 0.325. The minimum absolute atomic E-state index is 0.171. The summed E-state index contributed by atoms with van der Waals surface area (Å²) in [6, 6.07) is 27.9. The molecule has 2 atom stereocenters. The molecule has 0 aliphatic carbocycles. The summed E-state index contributed by atoms with van der Waals surface area (Å²) in [6.07, 6.45) is 3.08. The Morgan fingerprint density at radius 2 is 1.40 bits per heavy atom. The zero-order valence-electron chi connectivity index (χ0n) is 28.6. The molecule has 4 aromatic rings. The summed E-state index contributed by atoms with van der Waals surface area (Å²) < 4.78 is 13.8. The van der Waals surface area contributed by atoms with Crippen molar-refractivity contribution < 1.29 is 18.8 Å². The molecular weight excluding hydrogens is 603 g/mol. The minimum atomic E-state index is -0.911. The molecule has 7 nitrogen and oxygen atoms in total. The molecule has 0 saturated carbocycles. The van der Waals surface area contributed by atoms with Crippen LogP contribution in [-0.2, 0) is 33.6 Å². The highest BCUT2D eigenvalue weighted by Crippen LogP contribution is 2.21. The SMILES string of the molecule is CC(=CC(=O)N(C)[C@H](Cc1ccc2ccccc2c1)C(=O)N(C)[C@H](Cc1ccc(F)cc1)C(=O)NCCc1ccccc1)CC(C)(C)N. The van der Waals surface area contributed by atoms with Crippen LogP contribution in [0.5, 0.6) is 0 Å². The highest BCUT2D eigenvalue weighted by molar-refractivity contribution is 5.95. The van der Waals surface area contributed by atoms with Gasteiger partial charge in [-0.25, -0.2) is 4.39 Å². The Labute approximate surface area is 283 Å². The number of carbonyl (C=O) groups excluding carboxylic acids is 3. The van der Waals surface area contributed by atoms with Crippen LogP contribution in [0.3, 0.4) is 0 Å². The molecule has 252 valence electrons. The number of amides is 3. The molecule has 3 amide bonds. The standard InChI is InChI=1S/C40H47FN4O3/c1-28(27-40(2,3)42)23-37(46)44(4)36(26-31-15-18-32-13-9-10-14-33(32)24-31)39(48)45(5)35(25-30-16-19-34(41)20-17-30)38(47)43-22-21-29-11-7-6-8-12-29/h6-20,23-24,35-36H,21-22,25-27,42H2,1-5H3,(H,43,47)/t35-,36-/m1/s1. The van der Waals surface area contributed by atoms with Gasteiger partial charge < -0.3 is 20.9 Å². The van der Waals surface area contributed by atoms with Gasteiger partial charge in [0.1, 0.15) is 17.9 Å². The molecule has 0 unspecified atom stereocenters. The summed E-state index contributed by atoms with van der Waals surface area (Å²) in [5.74, 6) is -1.42. The van der Waals surface area contributed by atoms with Crippen LogP contribution >= 0.6 is 0 Å². The third-order valence-corrected chi connectivity index (χ3v) is 8.46. The largest absolute Gasteiger partial charge is 0.354 e. The van der Waals surface area contributed by atoms with E-state index in [9.17, 15) is 18.8 Å². The molecule has 0 aliphatic rings. The summed E-state index contributed by atoms with van der Waals surface area (Å²) in [5.41, 5.74) is 9.17. The molecule has 0 aliphatic heterocycles. The number of hydrogen-bond donors (Lipinski definition) is 2. The highest BCUT2D eigenvalue weighted by Gasteiger charge is 2.35. The predicted molar refractivity (Wildman–Crippen MR) is 191 cm³/mol. The molecule has 0 spiro atoms. The number of fused-ring (bicyclic) bond motifs is 1. The normalized spacial score (nSPS) is 13.1. The molecular formula is C40H47FN4O3. The summed E-state index contributed by atoms with van der Waals surface area (Å²) in [4.78, 5) is 44.8. The second kappa shape index (κ2) is 16.3. The third-order valence-electron chi connectivity index (χ3n) is 8.46. The maximum absolute atomic E-state index is 14.5. The van der Waals surface area contributed by atoms with Gasteiger partial charge in [-0.3, -0.25) is 14.4 Å². The van der Waals surface area contributed by atoms with Gasteiger partial charge in [0.2, 0.25) is 17.7 Å². The maximum Gasteiger partial charge on any atom is 0.246 e. The number of likely N-dealkylation sites (N-methyl/N-ethyl adjacent to an activating group) is 2. The topological polar surface area (TPSA) is 95.7 Å².